The molecular weight excluding hydrogens is 341 g/mol. The van der Waals surface area contributed by atoms with E-state index in [2.05, 4.69) is 0 Å². The number of aromatic nitrogens is 1. The average molecular weight is 359 g/mol. The van der Waals surface area contributed by atoms with Crippen LogP contribution in [0.5, 0.6) is 0 Å². The molecule has 0 amide bonds. The van der Waals surface area contributed by atoms with E-state index in [0.29, 0.717) is 0 Å². The predicted molar refractivity (Wildman–Crippen MR) is 95.8 cm³/mol. The molecule has 0 saturated heterocycles. The normalized spacial score (nSPS) is 11.2. The molecule has 3 aromatic rings. The van der Waals surface area contributed by atoms with Gasteiger partial charge in [-0.2, -0.15) is 0 Å². The highest BCUT2D eigenvalue weighted by atomic mass is 32.2. The first-order chi connectivity index (χ1) is 12.0. The number of hydrogen-bond donors (Lipinski definition) is 2. The van der Waals surface area contributed by atoms with Crippen LogP contribution < -0.4 is 0 Å². The lowest BCUT2D eigenvalue weighted by atomic mass is 10.1. The molecule has 0 aliphatic carbocycles. The van der Waals surface area contributed by atoms with E-state index in [-0.39, 0.29) is 18.2 Å². The quantitative estimate of drug-likeness (QED) is 0.688. The second-order valence-electron chi connectivity index (χ2n) is 5.80. The molecule has 130 valence electrons. The van der Waals surface area contributed by atoms with Crippen molar-refractivity contribution < 1.29 is 17.9 Å². The molecule has 4 nitrogen and oxygen atoms in total. The van der Waals surface area contributed by atoms with Gasteiger partial charge in [-0.25, -0.2) is 12.8 Å². The molecule has 6 heteroatoms. The summed E-state index contributed by atoms with van der Waals surface area (Å²) in [6.07, 6.45) is 0. The molecule has 0 radical (unpaired) electrons. The van der Waals surface area contributed by atoms with E-state index in [4.69, 9.17) is 0 Å². The van der Waals surface area contributed by atoms with E-state index in [9.17, 15) is 17.9 Å². The van der Waals surface area contributed by atoms with Gasteiger partial charge in [0.05, 0.1) is 18.1 Å². The molecule has 1 heterocycles. The number of aliphatic hydroxyl groups is 1. The number of halogens is 1. The maximum atomic E-state index is 13.2. The molecule has 0 aliphatic rings. The minimum atomic E-state index is -2.46. The molecule has 0 unspecified atom stereocenters. The Morgan fingerprint density at radius 2 is 1.68 bits per heavy atom. The van der Waals surface area contributed by atoms with Crippen molar-refractivity contribution in [3.05, 3.63) is 77.2 Å². The highest BCUT2D eigenvalue weighted by Gasteiger charge is 2.14. The van der Waals surface area contributed by atoms with Crippen molar-refractivity contribution in [2.24, 2.45) is 0 Å². The van der Waals surface area contributed by atoms with E-state index in [0.717, 1.165) is 33.8 Å². The van der Waals surface area contributed by atoms with Crippen LogP contribution >= 0.6 is 0 Å². The lowest BCUT2D eigenvalue weighted by molar-refractivity contribution is 0.281. The van der Waals surface area contributed by atoms with Crippen molar-refractivity contribution in [2.75, 3.05) is 0 Å². The number of hydrogen-bond acceptors (Lipinski definition) is 3. The zero-order chi connectivity index (χ0) is 18.0. The Morgan fingerprint density at radius 1 is 1.04 bits per heavy atom. The van der Waals surface area contributed by atoms with Crippen molar-refractivity contribution in [3.8, 4) is 16.9 Å². The molecule has 25 heavy (non-hydrogen) atoms. The Labute approximate surface area is 147 Å². The fourth-order valence-electron chi connectivity index (χ4n) is 2.88. The van der Waals surface area contributed by atoms with Crippen LogP contribution in [0.1, 0.15) is 16.8 Å². The summed E-state index contributed by atoms with van der Waals surface area (Å²) in [6, 6.07) is 15.3. The summed E-state index contributed by atoms with van der Waals surface area (Å²) in [5, 5.41) is 9.60. The number of nitrogens with zero attached hydrogens (tertiary/aromatic N) is 1. The van der Waals surface area contributed by atoms with Crippen LogP contribution in [0, 0.1) is 12.7 Å². The third-order valence-corrected chi connectivity index (χ3v) is 4.79. The van der Waals surface area contributed by atoms with Gasteiger partial charge in [0.1, 0.15) is 16.5 Å². The van der Waals surface area contributed by atoms with Gasteiger partial charge in [-0.15, -0.1) is 0 Å². The second-order valence-corrected chi connectivity index (χ2v) is 6.78. The second kappa shape index (κ2) is 7.21. The molecule has 2 aromatic carbocycles. The Bertz CT molecular complexity index is 950. The van der Waals surface area contributed by atoms with Crippen molar-refractivity contribution in [2.45, 2.75) is 19.3 Å². The van der Waals surface area contributed by atoms with Gasteiger partial charge in [-0.3, -0.25) is 0 Å². The average Bonchev–Trinajstić information content (AvgIpc) is 2.92. The standard InChI is InChI=1S/C19H18FNO3S/c1-13-16(11-22)10-19(21(13)18-8-6-17(20)7-9-18)15-4-2-14(3-5-15)12-25(23)24/h2-10,22,25H,11-12H2,1H3. The Hall–Kier alpha value is -2.44. The van der Waals surface area contributed by atoms with Crippen LogP contribution in [0.2, 0.25) is 0 Å². The fourth-order valence-corrected chi connectivity index (χ4v) is 3.39. The fraction of sp³-hybridized carbons (Fsp3) is 0.158. The first-order valence-corrected chi connectivity index (χ1v) is 9.15. The van der Waals surface area contributed by atoms with Gasteiger partial charge in [-0.1, -0.05) is 24.3 Å². The van der Waals surface area contributed by atoms with Crippen molar-refractivity contribution in [1.29, 1.82) is 0 Å². The minimum Gasteiger partial charge on any atom is -0.392 e. The molecule has 0 atom stereocenters. The lowest BCUT2D eigenvalue weighted by Gasteiger charge is -2.13. The number of rotatable bonds is 5. The van der Waals surface area contributed by atoms with Gasteiger partial charge in [0.15, 0.2) is 0 Å². The van der Waals surface area contributed by atoms with Gasteiger partial charge in [0.25, 0.3) is 0 Å². The zero-order valence-electron chi connectivity index (χ0n) is 13.6. The Morgan fingerprint density at radius 3 is 2.24 bits per heavy atom. The van der Waals surface area contributed by atoms with Gasteiger partial charge < -0.3 is 9.67 Å². The molecule has 1 N–H and O–H groups in total. The van der Waals surface area contributed by atoms with Crippen molar-refractivity contribution in [3.63, 3.8) is 0 Å². The van der Waals surface area contributed by atoms with Gasteiger partial charge >= 0.3 is 0 Å². The molecule has 1 aromatic heterocycles. The molecule has 0 aliphatic heterocycles. The monoisotopic (exact) mass is 359 g/mol. The summed E-state index contributed by atoms with van der Waals surface area (Å²) in [6.45, 7) is 1.80. The smallest absolute Gasteiger partial charge is 0.144 e. The predicted octanol–water partition coefficient (Wildman–Crippen LogP) is 3.20. The van der Waals surface area contributed by atoms with Crippen molar-refractivity contribution in [1.82, 2.24) is 4.57 Å². The number of aliphatic hydroxyl groups excluding tert-OH is 1. The molecule has 0 saturated carbocycles. The maximum absolute atomic E-state index is 13.2. The van der Waals surface area contributed by atoms with E-state index >= 15 is 0 Å². The van der Waals surface area contributed by atoms with Crippen LogP contribution in [0.3, 0.4) is 0 Å². The largest absolute Gasteiger partial charge is 0.392 e. The molecule has 0 fully saturated rings. The highest BCUT2D eigenvalue weighted by Crippen LogP contribution is 2.30. The third kappa shape index (κ3) is 3.65. The SMILES string of the molecule is Cc1c(CO)cc(-c2ccc(C[SH](=O)=O)cc2)n1-c1ccc(F)cc1. The maximum Gasteiger partial charge on any atom is 0.144 e. The summed E-state index contributed by atoms with van der Waals surface area (Å²) in [7, 11) is -2.46. The van der Waals surface area contributed by atoms with Gasteiger partial charge in [0, 0.05) is 11.4 Å². The van der Waals surface area contributed by atoms with Gasteiger partial charge in [-0.05, 0) is 53.9 Å². The molecule has 0 bridgehead atoms. The van der Waals surface area contributed by atoms with E-state index < -0.39 is 10.7 Å². The van der Waals surface area contributed by atoms with E-state index in [1.807, 2.05) is 29.7 Å². The van der Waals surface area contributed by atoms with Crippen LogP contribution in [0.25, 0.3) is 16.9 Å². The lowest BCUT2D eigenvalue weighted by Crippen LogP contribution is -2.00. The van der Waals surface area contributed by atoms with Crippen LogP contribution in [0.15, 0.2) is 54.6 Å². The first-order valence-electron chi connectivity index (χ1n) is 7.78. The van der Waals surface area contributed by atoms with E-state index in [1.165, 1.54) is 12.1 Å². The Kier molecular flexibility index (Phi) is 5.01. The Balaban J connectivity index is 2.10. The van der Waals surface area contributed by atoms with E-state index in [1.54, 1.807) is 24.3 Å². The van der Waals surface area contributed by atoms with Gasteiger partial charge in [0.2, 0.25) is 0 Å². The third-order valence-electron chi connectivity index (χ3n) is 4.17. The van der Waals surface area contributed by atoms with Crippen LogP contribution in [-0.2, 0) is 23.1 Å². The summed E-state index contributed by atoms with van der Waals surface area (Å²) in [4.78, 5) is 0. The topological polar surface area (TPSA) is 59.3 Å². The number of thiol groups is 1. The molecule has 0 spiro atoms. The van der Waals surface area contributed by atoms with Crippen LogP contribution in [0.4, 0.5) is 4.39 Å². The molecule has 3 rings (SSSR count). The summed E-state index contributed by atoms with van der Waals surface area (Å²) < 4.78 is 36.9. The summed E-state index contributed by atoms with van der Waals surface area (Å²) >= 11 is 0. The summed E-state index contributed by atoms with van der Waals surface area (Å²) in [5.74, 6) is -0.302. The minimum absolute atomic E-state index is 0.00943. The zero-order valence-corrected chi connectivity index (χ0v) is 14.5. The van der Waals surface area contributed by atoms with Crippen molar-refractivity contribution >= 4 is 10.7 Å². The highest BCUT2D eigenvalue weighted by molar-refractivity contribution is 7.71. The van der Waals surface area contributed by atoms with Crippen LogP contribution in [-0.4, -0.2) is 18.1 Å². The first kappa shape index (κ1) is 17.4. The molecular formula is C19H18FNO3S. The summed E-state index contributed by atoms with van der Waals surface area (Å²) in [5.41, 5.74) is 4.91. The number of benzene rings is 2.